The Labute approximate surface area is 108 Å². The van der Waals surface area contributed by atoms with Crippen molar-refractivity contribution in [3.63, 3.8) is 0 Å². The molecule has 0 unspecified atom stereocenters. The zero-order valence-corrected chi connectivity index (χ0v) is 10.5. The van der Waals surface area contributed by atoms with Crippen molar-refractivity contribution >= 4 is 17.6 Å². The molecule has 0 aliphatic heterocycles. The summed E-state index contributed by atoms with van der Waals surface area (Å²) in [6.45, 7) is 3.31. The van der Waals surface area contributed by atoms with Crippen molar-refractivity contribution < 1.29 is 14.3 Å². The molecule has 0 fully saturated rings. The number of benzene rings is 1. The number of carboxylic acid groups (broad SMARTS) is 1. The van der Waals surface area contributed by atoms with Crippen molar-refractivity contribution in [3.8, 4) is 5.69 Å². The second-order valence-corrected chi connectivity index (χ2v) is 4.35. The molecule has 0 aliphatic carbocycles. The van der Waals surface area contributed by atoms with Crippen molar-refractivity contribution in [1.82, 2.24) is 9.78 Å². The lowest BCUT2D eigenvalue weighted by molar-refractivity contribution is 0.0690. The van der Waals surface area contributed by atoms with E-state index in [1.54, 1.807) is 13.8 Å². The summed E-state index contributed by atoms with van der Waals surface area (Å²) in [6.07, 6.45) is 0. The molecule has 2 rings (SSSR count). The Morgan fingerprint density at radius 2 is 2.06 bits per heavy atom. The highest BCUT2D eigenvalue weighted by Gasteiger charge is 2.15. The lowest BCUT2D eigenvalue weighted by Crippen LogP contribution is -2.03. The molecule has 0 bridgehead atoms. The fourth-order valence-electron chi connectivity index (χ4n) is 1.63. The molecule has 0 saturated carbocycles. The fourth-order valence-corrected chi connectivity index (χ4v) is 1.86. The van der Waals surface area contributed by atoms with E-state index in [0.29, 0.717) is 16.9 Å². The van der Waals surface area contributed by atoms with E-state index in [1.165, 1.54) is 22.9 Å². The van der Waals surface area contributed by atoms with Gasteiger partial charge in [-0.1, -0.05) is 11.6 Å². The van der Waals surface area contributed by atoms with Crippen LogP contribution in [0, 0.1) is 19.7 Å². The summed E-state index contributed by atoms with van der Waals surface area (Å²) in [6, 6.07) is 4.15. The number of hydrogen-bond acceptors (Lipinski definition) is 2. The van der Waals surface area contributed by atoms with Crippen LogP contribution in [0.4, 0.5) is 4.39 Å². The van der Waals surface area contributed by atoms with Crippen molar-refractivity contribution in [1.29, 1.82) is 0 Å². The molecule has 0 amide bonds. The molecule has 0 atom stereocenters. The molecule has 4 nitrogen and oxygen atoms in total. The quantitative estimate of drug-likeness (QED) is 0.911. The molecule has 0 radical (unpaired) electrons. The highest BCUT2D eigenvalue weighted by Crippen LogP contribution is 2.25. The van der Waals surface area contributed by atoms with E-state index < -0.39 is 11.8 Å². The number of carbonyl (C=O) groups is 1. The number of aryl methyl sites for hydroxylation is 2. The van der Waals surface area contributed by atoms with E-state index in [4.69, 9.17) is 16.7 Å². The number of rotatable bonds is 2. The van der Waals surface area contributed by atoms with Crippen LogP contribution < -0.4 is 0 Å². The molecule has 2 aromatic rings. The van der Waals surface area contributed by atoms with Gasteiger partial charge in [0.25, 0.3) is 0 Å². The van der Waals surface area contributed by atoms with E-state index in [1.807, 2.05) is 0 Å². The minimum Gasteiger partial charge on any atom is -0.476 e. The van der Waals surface area contributed by atoms with Crippen LogP contribution in [0.25, 0.3) is 5.69 Å². The highest BCUT2D eigenvalue weighted by atomic mass is 35.5. The zero-order valence-electron chi connectivity index (χ0n) is 9.74. The minimum absolute atomic E-state index is 0.0782. The van der Waals surface area contributed by atoms with E-state index in [2.05, 4.69) is 5.10 Å². The van der Waals surface area contributed by atoms with Crippen LogP contribution in [0.2, 0.25) is 5.02 Å². The average molecular weight is 269 g/mol. The maximum atomic E-state index is 13.3. The third-order valence-electron chi connectivity index (χ3n) is 2.56. The second-order valence-electron chi connectivity index (χ2n) is 3.94. The predicted octanol–water partition coefficient (Wildman–Crippen LogP) is 2.98. The predicted molar refractivity (Wildman–Crippen MR) is 65.0 cm³/mol. The summed E-state index contributed by atoms with van der Waals surface area (Å²) in [7, 11) is 0. The van der Waals surface area contributed by atoms with Crippen molar-refractivity contribution in [2.45, 2.75) is 13.8 Å². The highest BCUT2D eigenvalue weighted by molar-refractivity contribution is 6.32. The van der Waals surface area contributed by atoms with Gasteiger partial charge in [-0.3, -0.25) is 0 Å². The van der Waals surface area contributed by atoms with E-state index in [9.17, 15) is 9.18 Å². The second kappa shape index (κ2) is 4.42. The molecule has 0 spiro atoms. The average Bonchev–Trinajstić information content (AvgIpc) is 2.66. The number of aromatic carboxylic acids is 1. The maximum absolute atomic E-state index is 13.3. The van der Waals surface area contributed by atoms with Gasteiger partial charge in [0.15, 0.2) is 5.69 Å². The Kier molecular flexibility index (Phi) is 3.09. The summed E-state index contributed by atoms with van der Waals surface area (Å²) >= 11 is 5.95. The summed E-state index contributed by atoms with van der Waals surface area (Å²) < 4.78 is 14.7. The summed E-state index contributed by atoms with van der Waals surface area (Å²) in [5.41, 5.74) is 1.41. The zero-order chi connectivity index (χ0) is 13.4. The Morgan fingerprint density at radius 3 is 2.61 bits per heavy atom. The molecular formula is C12H10ClFN2O2. The molecule has 1 heterocycles. The third kappa shape index (κ3) is 2.09. The fraction of sp³-hybridized carbons (Fsp3) is 0.167. The Hall–Kier alpha value is -1.88. The summed E-state index contributed by atoms with van der Waals surface area (Å²) in [5.74, 6) is -1.53. The molecule has 1 aromatic carbocycles. The molecule has 0 aliphatic rings. The number of halogens is 2. The number of nitrogens with zero attached hydrogens (tertiary/aromatic N) is 2. The van der Waals surface area contributed by atoms with E-state index >= 15 is 0 Å². The number of aromatic nitrogens is 2. The van der Waals surface area contributed by atoms with Crippen LogP contribution in [-0.2, 0) is 0 Å². The molecule has 6 heteroatoms. The normalized spacial score (nSPS) is 10.7. The molecule has 94 valence electrons. The first-order valence-electron chi connectivity index (χ1n) is 5.16. The van der Waals surface area contributed by atoms with Gasteiger partial charge in [0, 0.05) is 5.69 Å². The number of hydrogen-bond donors (Lipinski definition) is 1. The van der Waals surface area contributed by atoms with Gasteiger partial charge in [-0.05, 0) is 37.6 Å². The smallest absolute Gasteiger partial charge is 0.356 e. The van der Waals surface area contributed by atoms with E-state index in [-0.39, 0.29) is 10.7 Å². The maximum Gasteiger partial charge on any atom is 0.356 e. The lowest BCUT2D eigenvalue weighted by atomic mass is 10.2. The van der Waals surface area contributed by atoms with Gasteiger partial charge in [-0.25, -0.2) is 13.9 Å². The minimum atomic E-state index is -1.12. The summed E-state index contributed by atoms with van der Waals surface area (Å²) in [4.78, 5) is 10.8. The Bertz CT molecular complexity index is 637. The van der Waals surface area contributed by atoms with E-state index in [0.717, 1.165) is 0 Å². The van der Waals surface area contributed by atoms with Crippen molar-refractivity contribution in [2.75, 3.05) is 0 Å². The summed E-state index contributed by atoms with van der Waals surface area (Å²) in [5, 5.41) is 13.0. The monoisotopic (exact) mass is 268 g/mol. The molecular weight excluding hydrogens is 259 g/mol. The molecule has 0 saturated heterocycles. The van der Waals surface area contributed by atoms with Gasteiger partial charge in [0.1, 0.15) is 5.82 Å². The van der Waals surface area contributed by atoms with Gasteiger partial charge >= 0.3 is 5.97 Å². The first kappa shape index (κ1) is 12.6. The largest absolute Gasteiger partial charge is 0.476 e. The topological polar surface area (TPSA) is 55.1 Å². The lowest BCUT2D eigenvalue weighted by Gasteiger charge is -2.08. The van der Waals surface area contributed by atoms with Crippen LogP contribution in [0.3, 0.4) is 0 Å². The first-order chi connectivity index (χ1) is 8.40. The van der Waals surface area contributed by atoms with Crippen LogP contribution in [0.1, 0.15) is 21.7 Å². The Balaban J connectivity index is 2.62. The molecule has 18 heavy (non-hydrogen) atoms. The van der Waals surface area contributed by atoms with Gasteiger partial charge < -0.3 is 5.11 Å². The Morgan fingerprint density at radius 1 is 1.39 bits per heavy atom. The third-order valence-corrected chi connectivity index (χ3v) is 2.87. The molecule has 1 N–H and O–H groups in total. The van der Waals surface area contributed by atoms with Crippen LogP contribution in [-0.4, -0.2) is 20.9 Å². The first-order valence-corrected chi connectivity index (χ1v) is 5.54. The van der Waals surface area contributed by atoms with Crippen molar-refractivity contribution in [2.24, 2.45) is 0 Å². The van der Waals surface area contributed by atoms with Gasteiger partial charge in [0.2, 0.25) is 0 Å². The van der Waals surface area contributed by atoms with Gasteiger partial charge in [-0.15, -0.1) is 0 Å². The molecule has 1 aromatic heterocycles. The van der Waals surface area contributed by atoms with Gasteiger partial charge in [0.05, 0.1) is 10.7 Å². The van der Waals surface area contributed by atoms with Crippen molar-refractivity contribution in [3.05, 3.63) is 46.0 Å². The standard InChI is InChI=1S/C12H10ClFN2O2/c1-6-3-11(8(13)5-9(6)14)16-7(2)4-10(15-16)12(17)18/h3-5H,1-2H3,(H,17,18). The van der Waals surface area contributed by atoms with Crippen LogP contribution in [0.15, 0.2) is 18.2 Å². The van der Waals surface area contributed by atoms with Crippen LogP contribution >= 0.6 is 11.6 Å². The van der Waals surface area contributed by atoms with Crippen LogP contribution in [0.5, 0.6) is 0 Å². The van der Waals surface area contributed by atoms with Gasteiger partial charge in [-0.2, -0.15) is 5.10 Å². The number of carboxylic acids is 1. The SMILES string of the molecule is Cc1cc(-n2nc(C(=O)O)cc2C)c(Cl)cc1F.